The Balaban J connectivity index is 1.52. The molecule has 1 aromatic heterocycles. The van der Waals surface area contributed by atoms with Crippen LogP contribution in [0.15, 0.2) is 23.0 Å². The van der Waals surface area contributed by atoms with E-state index in [1.165, 1.54) is 0 Å². The normalized spacial score (nSPS) is 21.6. The molecule has 1 N–H and O–H groups in total. The van der Waals surface area contributed by atoms with Gasteiger partial charge in [-0.2, -0.15) is 0 Å². The second-order valence-corrected chi connectivity index (χ2v) is 8.36. The van der Waals surface area contributed by atoms with Gasteiger partial charge in [0.05, 0.1) is 31.6 Å². The highest BCUT2D eigenvalue weighted by Crippen LogP contribution is 2.29. The first-order valence-corrected chi connectivity index (χ1v) is 11.0. The van der Waals surface area contributed by atoms with E-state index in [2.05, 4.69) is 20.9 Å². The van der Waals surface area contributed by atoms with E-state index < -0.39 is 0 Å². The summed E-state index contributed by atoms with van der Waals surface area (Å²) in [6, 6.07) is 6.04. The molecule has 31 heavy (non-hydrogen) atoms. The van der Waals surface area contributed by atoms with Crippen LogP contribution in [0.3, 0.4) is 0 Å². The van der Waals surface area contributed by atoms with Crippen molar-refractivity contribution in [3.8, 4) is 11.5 Å². The second-order valence-electron chi connectivity index (χ2n) is 8.36. The van der Waals surface area contributed by atoms with Gasteiger partial charge in [0.15, 0.2) is 11.5 Å². The quantitative estimate of drug-likeness (QED) is 0.757. The van der Waals surface area contributed by atoms with Gasteiger partial charge in [-0.25, -0.2) is 4.98 Å². The average molecular weight is 429 g/mol. The monoisotopic (exact) mass is 428 g/mol. The summed E-state index contributed by atoms with van der Waals surface area (Å²) in [5.74, 6) is 2.14. The second kappa shape index (κ2) is 9.28. The SMILES string of the molecule is CCOc1cc(CN2CCc3c(nc(N4C[C@H](C)O[C@@H](C)C4)[nH]c3=O)C2)ccc1OC. The molecule has 4 rings (SSSR count). The molecule has 8 heteroatoms. The zero-order valence-corrected chi connectivity index (χ0v) is 18.8. The molecule has 0 amide bonds. The van der Waals surface area contributed by atoms with Gasteiger partial charge < -0.3 is 19.1 Å². The number of aromatic amines is 1. The van der Waals surface area contributed by atoms with Crippen molar-refractivity contribution in [2.24, 2.45) is 0 Å². The number of ether oxygens (including phenoxy) is 3. The van der Waals surface area contributed by atoms with Crippen molar-refractivity contribution in [3.63, 3.8) is 0 Å². The van der Waals surface area contributed by atoms with Crippen molar-refractivity contribution >= 4 is 5.95 Å². The van der Waals surface area contributed by atoms with E-state index in [0.717, 1.165) is 54.5 Å². The standard InChI is InChI=1S/C23H32N4O4/c1-5-30-21-10-17(6-7-20(21)29-4)13-26-9-8-18-19(14-26)24-23(25-22(18)28)27-11-15(2)31-16(3)12-27/h6-7,10,15-16H,5,8-9,11-14H2,1-4H3,(H,24,25,28)/t15-,16-/m0/s1. The van der Waals surface area contributed by atoms with Crippen molar-refractivity contribution in [3.05, 3.63) is 45.4 Å². The molecule has 0 saturated carbocycles. The van der Waals surface area contributed by atoms with Gasteiger partial charge in [-0.3, -0.25) is 14.7 Å². The van der Waals surface area contributed by atoms with Crippen LogP contribution in [-0.2, 0) is 24.2 Å². The Labute approximate surface area is 183 Å². The highest BCUT2D eigenvalue weighted by atomic mass is 16.5. The Morgan fingerprint density at radius 3 is 2.71 bits per heavy atom. The van der Waals surface area contributed by atoms with Gasteiger partial charge in [0, 0.05) is 38.3 Å². The molecule has 8 nitrogen and oxygen atoms in total. The largest absolute Gasteiger partial charge is 0.493 e. The molecule has 168 valence electrons. The number of fused-ring (bicyclic) bond motifs is 1. The number of rotatable bonds is 6. The maximum Gasteiger partial charge on any atom is 0.255 e. The first kappa shape index (κ1) is 21.6. The van der Waals surface area contributed by atoms with Gasteiger partial charge in [0.2, 0.25) is 5.95 Å². The highest BCUT2D eigenvalue weighted by Gasteiger charge is 2.27. The Hall–Kier alpha value is -2.58. The molecule has 2 atom stereocenters. The number of benzene rings is 1. The molecule has 1 saturated heterocycles. The van der Waals surface area contributed by atoms with Crippen LogP contribution in [0.1, 0.15) is 37.6 Å². The van der Waals surface area contributed by atoms with Crippen molar-refractivity contribution in [2.75, 3.05) is 38.3 Å². The molecule has 2 aliphatic heterocycles. The van der Waals surface area contributed by atoms with Gasteiger partial charge in [0.1, 0.15) is 0 Å². The van der Waals surface area contributed by atoms with Crippen molar-refractivity contribution < 1.29 is 14.2 Å². The van der Waals surface area contributed by atoms with Crippen molar-refractivity contribution in [1.29, 1.82) is 0 Å². The molecule has 2 aliphatic rings. The van der Waals surface area contributed by atoms with Crippen LogP contribution in [-0.4, -0.2) is 60.4 Å². The third kappa shape index (κ3) is 4.85. The Bertz CT molecular complexity index is 967. The minimum absolute atomic E-state index is 0.0190. The van der Waals surface area contributed by atoms with Crippen LogP contribution in [0.25, 0.3) is 0 Å². The summed E-state index contributed by atoms with van der Waals surface area (Å²) in [7, 11) is 1.65. The summed E-state index contributed by atoms with van der Waals surface area (Å²) in [6.45, 7) is 10.3. The molecule has 0 spiro atoms. The van der Waals surface area contributed by atoms with Gasteiger partial charge in [-0.1, -0.05) is 6.07 Å². The van der Waals surface area contributed by atoms with Crippen LogP contribution in [0.4, 0.5) is 5.95 Å². The average Bonchev–Trinajstić information content (AvgIpc) is 2.73. The smallest absolute Gasteiger partial charge is 0.255 e. The van der Waals surface area contributed by atoms with E-state index in [0.29, 0.717) is 25.5 Å². The van der Waals surface area contributed by atoms with Crippen LogP contribution in [0.2, 0.25) is 0 Å². The van der Waals surface area contributed by atoms with E-state index in [-0.39, 0.29) is 17.8 Å². The zero-order valence-electron chi connectivity index (χ0n) is 18.8. The highest BCUT2D eigenvalue weighted by molar-refractivity contribution is 5.43. The lowest BCUT2D eigenvalue weighted by Gasteiger charge is -2.36. The molecule has 0 bridgehead atoms. The van der Waals surface area contributed by atoms with Crippen LogP contribution < -0.4 is 19.9 Å². The number of hydrogen-bond acceptors (Lipinski definition) is 7. The topological polar surface area (TPSA) is 79.9 Å². The lowest BCUT2D eigenvalue weighted by atomic mass is 10.1. The molecule has 0 radical (unpaired) electrons. The van der Waals surface area contributed by atoms with Crippen LogP contribution in [0.5, 0.6) is 11.5 Å². The number of morpholine rings is 1. The Morgan fingerprint density at radius 2 is 2.00 bits per heavy atom. The van der Waals surface area contributed by atoms with E-state index in [1.807, 2.05) is 32.9 Å². The summed E-state index contributed by atoms with van der Waals surface area (Å²) in [5, 5.41) is 0. The molecular formula is C23H32N4O4. The number of nitrogens with zero attached hydrogens (tertiary/aromatic N) is 3. The number of hydrogen-bond donors (Lipinski definition) is 1. The molecule has 0 unspecified atom stereocenters. The molecule has 1 aromatic carbocycles. The van der Waals surface area contributed by atoms with Crippen LogP contribution in [0, 0.1) is 0 Å². The number of H-pyrrole nitrogens is 1. The van der Waals surface area contributed by atoms with Crippen molar-refractivity contribution in [2.45, 2.75) is 52.5 Å². The summed E-state index contributed by atoms with van der Waals surface area (Å²) >= 11 is 0. The minimum Gasteiger partial charge on any atom is -0.493 e. The molecule has 3 heterocycles. The van der Waals surface area contributed by atoms with E-state index >= 15 is 0 Å². The van der Waals surface area contributed by atoms with Gasteiger partial charge in [-0.05, 0) is 44.9 Å². The van der Waals surface area contributed by atoms with Gasteiger partial charge in [-0.15, -0.1) is 0 Å². The lowest BCUT2D eigenvalue weighted by molar-refractivity contribution is -0.00576. The molecule has 2 aromatic rings. The van der Waals surface area contributed by atoms with Crippen molar-refractivity contribution in [1.82, 2.24) is 14.9 Å². The Kier molecular flexibility index (Phi) is 6.48. The first-order valence-electron chi connectivity index (χ1n) is 11.0. The zero-order chi connectivity index (χ0) is 22.0. The fourth-order valence-electron chi connectivity index (χ4n) is 4.46. The summed E-state index contributed by atoms with van der Waals surface area (Å²) in [6.07, 6.45) is 0.912. The minimum atomic E-state index is -0.0190. The molecule has 1 fully saturated rings. The maximum atomic E-state index is 12.7. The fourth-order valence-corrected chi connectivity index (χ4v) is 4.46. The third-order valence-corrected chi connectivity index (χ3v) is 5.79. The number of aromatic nitrogens is 2. The molecular weight excluding hydrogens is 396 g/mol. The predicted molar refractivity (Wildman–Crippen MR) is 119 cm³/mol. The van der Waals surface area contributed by atoms with E-state index in [9.17, 15) is 4.79 Å². The third-order valence-electron chi connectivity index (χ3n) is 5.79. The van der Waals surface area contributed by atoms with E-state index in [4.69, 9.17) is 19.2 Å². The fraction of sp³-hybridized carbons (Fsp3) is 0.565. The summed E-state index contributed by atoms with van der Waals surface area (Å²) < 4.78 is 16.9. The predicted octanol–water partition coefficient (Wildman–Crippen LogP) is 2.35. The maximum absolute atomic E-state index is 12.7. The number of methoxy groups -OCH3 is 1. The lowest BCUT2D eigenvalue weighted by Crippen LogP contribution is -2.47. The van der Waals surface area contributed by atoms with E-state index in [1.54, 1.807) is 7.11 Å². The number of nitrogens with one attached hydrogen (secondary N) is 1. The van der Waals surface area contributed by atoms with Gasteiger partial charge in [0.25, 0.3) is 5.56 Å². The summed E-state index contributed by atoms with van der Waals surface area (Å²) in [5.41, 5.74) is 2.80. The Morgan fingerprint density at radius 1 is 1.23 bits per heavy atom. The first-order chi connectivity index (χ1) is 15.0. The molecule has 0 aliphatic carbocycles. The summed E-state index contributed by atoms with van der Waals surface area (Å²) in [4.78, 5) is 25.0. The number of anilines is 1. The van der Waals surface area contributed by atoms with Gasteiger partial charge >= 0.3 is 0 Å². The van der Waals surface area contributed by atoms with Crippen LogP contribution >= 0.6 is 0 Å².